The van der Waals surface area contributed by atoms with Crippen molar-refractivity contribution in [1.82, 2.24) is 0 Å². The van der Waals surface area contributed by atoms with Crippen LogP contribution in [0.25, 0.3) is 11.1 Å². The van der Waals surface area contributed by atoms with Crippen LogP contribution in [0.3, 0.4) is 0 Å². The monoisotopic (exact) mass is 490 g/mol. The molecule has 1 aliphatic rings. The number of carboxylic acid groups (broad SMARTS) is 1. The van der Waals surface area contributed by atoms with E-state index in [-0.39, 0.29) is 18.2 Å². The van der Waals surface area contributed by atoms with Gasteiger partial charge in [0.05, 0.1) is 5.41 Å². The average molecular weight is 491 g/mol. The molecule has 0 bridgehead atoms. The zero-order valence-corrected chi connectivity index (χ0v) is 20.2. The molecule has 1 aliphatic carbocycles. The summed E-state index contributed by atoms with van der Waals surface area (Å²) in [5, 5.41) is 15.9. The maximum atomic E-state index is 12.8. The quantitative estimate of drug-likeness (QED) is 0.306. The Labute approximate surface area is 209 Å². The number of aliphatic carboxylic acids is 1. The van der Waals surface area contributed by atoms with E-state index < -0.39 is 11.4 Å². The Morgan fingerprint density at radius 3 is 2.06 bits per heavy atom. The first kappa shape index (κ1) is 24.5. The molecule has 6 nitrogen and oxygen atoms in total. The van der Waals surface area contributed by atoms with Crippen LogP contribution in [0.4, 0.5) is 16.2 Å². The first-order valence-corrected chi connectivity index (χ1v) is 11.9. The molecule has 3 aromatic carbocycles. The van der Waals surface area contributed by atoms with E-state index in [2.05, 4.69) is 10.6 Å². The minimum atomic E-state index is -0.920. The number of rotatable bonds is 7. The Balaban J connectivity index is 1.38. The molecule has 180 valence electrons. The highest BCUT2D eigenvalue weighted by atomic mass is 35.5. The van der Waals surface area contributed by atoms with Crippen LogP contribution in [0.15, 0.2) is 66.7 Å². The van der Waals surface area contributed by atoms with Gasteiger partial charge in [-0.25, -0.2) is 4.79 Å². The number of carbonyl (C=O) groups is 3. The highest BCUT2D eigenvalue weighted by Gasteiger charge is 2.42. The number of carbonyl (C=O) groups excluding carboxylic acids is 2. The van der Waals surface area contributed by atoms with Gasteiger partial charge in [0.2, 0.25) is 0 Å². The number of anilines is 2. The zero-order valence-electron chi connectivity index (χ0n) is 19.4. The number of urea groups is 1. The Morgan fingerprint density at radius 1 is 0.886 bits per heavy atom. The molecule has 0 saturated heterocycles. The molecule has 0 aliphatic heterocycles. The van der Waals surface area contributed by atoms with Crippen molar-refractivity contribution in [3.8, 4) is 11.1 Å². The Morgan fingerprint density at radius 2 is 1.49 bits per heavy atom. The normalized spacial score (nSPS) is 14.3. The lowest BCUT2D eigenvalue weighted by Crippen LogP contribution is -2.30. The lowest BCUT2D eigenvalue weighted by Gasteiger charge is -2.22. The summed E-state index contributed by atoms with van der Waals surface area (Å²) in [7, 11) is 0. The smallest absolute Gasteiger partial charge is 0.323 e. The van der Waals surface area contributed by atoms with Gasteiger partial charge in [-0.3, -0.25) is 9.59 Å². The first-order chi connectivity index (χ1) is 16.8. The zero-order chi connectivity index (χ0) is 25.0. The molecule has 7 heteroatoms. The summed E-state index contributed by atoms with van der Waals surface area (Å²) < 4.78 is 0. The Hall–Kier alpha value is -3.64. The predicted molar refractivity (Wildman–Crippen MR) is 138 cm³/mol. The summed E-state index contributed by atoms with van der Waals surface area (Å²) in [4.78, 5) is 36.9. The van der Waals surface area contributed by atoms with Gasteiger partial charge < -0.3 is 15.7 Å². The summed E-state index contributed by atoms with van der Waals surface area (Å²) in [5.41, 5.74) is 3.64. The second-order valence-electron chi connectivity index (χ2n) is 9.09. The number of halogens is 1. The van der Waals surface area contributed by atoms with Crippen LogP contribution in [0, 0.1) is 12.3 Å². The van der Waals surface area contributed by atoms with Crippen molar-refractivity contribution in [3.63, 3.8) is 0 Å². The molecule has 0 atom stereocenters. The SMILES string of the molecule is Cc1cc(Cl)ccc1NC(=O)Nc1ccc(-c2ccc(C(=O)CC3(C(=O)O)CCCC3)cc2)cc1. The third-order valence-corrected chi connectivity index (χ3v) is 6.87. The second kappa shape index (κ2) is 10.3. The average Bonchev–Trinajstić information content (AvgIpc) is 3.31. The fraction of sp³-hybridized carbons (Fsp3) is 0.250. The number of hydrogen-bond donors (Lipinski definition) is 3. The molecule has 3 N–H and O–H groups in total. The molecule has 1 fully saturated rings. The Kier molecular flexibility index (Phi) is 7.22. The van der Waals surface area contributed by atoms with Crippen LogP contribution >= 0.6 is 11.6 Å². The van der Waals surface area contributed by atoms with Crippen LogP contribution < -0.4 is 10.6 Å². The molecule has 1 saturated carbocycles. The lowest BCUT2D eigenvalue weighted by atomic mass is 9.80. The van der Waals surface area contributed by atoms with E-state index in [1.165, 1.54) is 0 Å². The van der Waals surface area contributed by atoms with Crippen molar-refractivity contribution in [2.45, 2.75) is 39.0 Å². The fourth-order valence-electron chi connectivity index (χ4n) is 4.57. The van der Waals surface area contributed by atoms with Gasteiger partial charge in [-0.05, 0) is 66.8 Å². The molecular formula is C28H27ClN2O4. The molecular weight excluding hydrogens is 464 g/mol. The van der Waals surface area contributed by atoms with E-state index >= 15 is 0 Å². The summed E-state index contributed by atoms with van der Waals surface area (Å²) in [5.74, 6) is -1.01. The topological polar surface area (TPSA) is 95.5 Å². The van der Waals surface area contributed by atoms with Crippen molar-refractivity contribution in [1.29, 1.82) is 0 Å². The Bertz CT molecular complexity index is 1250. The third-order valence-electron chi connectivity index (χ3n) is 6.63. The number of carboxylic acids is 1. The van der Waals surface area contributed by atoms with Gasteiger partial charge in [0.15, 0.2) is 5.78 Å². The standard InChI is InChI=1S/C28H27ClN2O4/c1-18-16-22(29)10-13-24(18)31-27(35)30-23-11-8-20(9-12-23)19-4-6-21(7-5-19)25(32)17-28(26(33)34)14-2-3-15-28/h4-13,16H,2-3,14-15,17H2,1H3,(H,33,34)(H2,30,31,35). The summed E-state index contributed by atoms with van der Waals surface area (Å²) >= 11 is 5.96. The van der Waals surface area contributed by atoms with E-state index in [0.29, 0.717) is 34.8 Å². The van der Waals surface area contributed by atoms with Crippen LogP contribution in [0.1, 0.15) is 48.0 Å². The minimum absolute atomic E-state index is 0.0413. The number of aryl methyl sites for hydroxylation is 1. The maximum Gasteiger partial charge on any atom is 0.323 e. The summed E-state index contributed by atoms with van der Waals surface area (Å²) in [6.45, 7) is 1.87. The van der Waals surface area contributed by atoms with E-state index in [1.807, 2.05) is 31.2 Å². The predicted octanol–water partition coefficient (Wildman–Crippen LogP) is 7.18. The summed E-state index contributed by atoms with van der Waals surface area (Å²) in [6.07, 6.45) is 2.87. The van der Waals surface area contributed by atoms with Gasteiger partial charge >= 0.3 is 12.0 Å². The number of nitrogens with one attached hydrogen (secondary N) is 2. The minimum Gasteiger partial charge on any atom is -0.481 e. The number of benzene rings is 3. The molecule has 35 heavy (non-hydrogen) atoms. The molecule has 0 heterocycles. The van der Waals surface area contributed by atoms with Crippen LogP contribution in [-0.4, -0.2) is 22.9 Å². The van der Waals surface area contributed by atoms with E-state index in [0.717, 1.165) is 29.5 Å². The number of hydrogen-bond acceptors (Lipinski definition) is 3. The molecule has 0 spiro atoms. The second-order valence-corrected chi connectivity index (χ2v) is 9.52. The van der Waals surface area contributed by atoms with Crippen molar-refractivity contribution < 1.29 is 19.5 Å². The highest BCUT2D eigenvalue weighted by molar-refractivity contribution is 6.30. The van der Waals surface area contributed by atoms with Crippen molar-refractivity contribution in [2.24, 2.45) is 5.41 Å². The number of ketones is 1. The van der Waals surface area contributed by atoms with Crippen molar-refractivity contribution in [3.05, 3.63) is 82.9 Å². The van der Waals surface area contributed by atoms with Crippen LogP contribution in [0.2, 0.25) is 5.02 Å². The van der Waals surface area contributed by atoms with Gasteiger partial charge in [0.25, 0.3) is 0 Å². The van der Waals surface area contributed by atoms with Crippen LogP contribution in [0.5, 0.6) is 0 Å². The molecule has 0 unspecified atom stereocenters. The fourth-order valence-corrected chi connectivity index (χ4v) is 4.80. The third kappa shape index (κ3) is 5.72. The van der Waals surface area contributed by atoms with E-state index in [1.54, 1.807) is 42.5 Å². The molecule has 2 amide bonds. The first-order valence-electron chi connectivity index (χ1n) is 11.6. The van der Waals surface area contributed by atoms with Crippen molar-refractivity contribution >= 4 is 40.8 Å². The largest absolute Gasteiger partial charge is 0.481 e. The van der Waals surface area contributed by atoms with Gasteiger partial charge in [-0.15, -0.1) is 0 Å². The highest BCUT2D eigenvalue weighted by Crippen LogP contribution is 2.42. The number of amides is 2. The van der Waals surface area contributed by atoms with E-state index in [9.17, 15) is 19.5 Å². The number of Topliss-reactive ketones (excluding diaryl/α,β-unsaturated/α-hetero) is 1. The summed E-state index contributed by atoms with van der Waals surface area (Å²) in [6, 6.07) is 19.5. The van der Waals surface area contributed by atoms with Gasteiger partial charge in [0.1, 0.15) is 0 Å². The molecule has 0 radical (unpaired) electrons. The van der Waals surface area contributed by atoms with E-state index in [4.69, 9.17) is 11.6 Å². The molecule has 0 aromatic heterocycles. The maximum absolute atomic E-state index is 12.8. The lowest BCUT2D eigenvalue weighted by molar-refractivity contribution is -0.148. The van der Waals surface area contributed by atoms with Crippen LogP contribution in [-0.2, 0) is 4.79 Å². The van der Waals surface area contributed by atoms with Gasteiger partial charge in [-0.2, -0.15) is 0 Å². The molecule has 3 aromatic rings. The van der Waals surface area contributed by atoms with Gasteiger partial charge in [-0.1, -0.05) is 60.8 Å². The van der Waals surface area contributed by atoms with Crippen molar-refractivity contribution in [2.75, 3.05) is 10.6 Å². The van der Waals surface area contributed by atoms with Gasteiger partial charge in [0, 0.05) is 28.4 Å². The molecule has 4 rings (SSSR count).